The van der Waals surface area contributed by atoms with Gasteiger partial charge in [0.2, 0.25) is 4.80 Å². The summed E-state index contributed by atoms with van der Waals surface area (Å²) in [4.78, 5) is 5.14. The van der Waals surface area contributed by atoms with Crippen molar-refractivity contribution in [2.45, 2.75) is 6.92 Å². The second kappa shape index (κ2) is 7.81. The molecule has 26 heavy (non-hydrogen) atoms. The van der Waals surface area contributed by atoms with Gasteiger partial charge in [0.05, 0.1) is 30.1 Å². The molecule has 6 heteroatoms. The number of benzene rings is 2. The van der Waals surface area contributed by atoms with Crippen molar-refractivity contribution < 1.29 is 4.74 Å². The van der Waals surface area contributed by atoms with E-state index in [-0.39, 0.29) is 0 Å². The molecule has 0 fully saturated rings. The van der Waals surface area contributed by atoms with Gasteiger partial charge in [-0.05, 0) is 48.9 Å². The first kappa shape index (κ1) is 17.6. The van der Waals surface area contributed by atoms with Crippen LogP contribution in [0.25, 0.3) is 11.3 Å². The van der Waals surface area contributed by atoms with Crippen LogP contribution in [0.1, 0.15) is 18.1 Å². The molecule has 0 saturated carbocycles. The van der Waals surface area contributed by atoms with Gasteiger partial charge in [-0.25, -0.2) is 4.68 Å². The van der Waals surface area contributed by atoms with E-state index in [9.17, 15) is 0 Å². The first-order valence-corrected chi connectivity index (χ1v) is 8.88. The number of thiazole rings is 1. The zero-order valence-corrected chi connectivity index (χ0v) is 15.6. The molecular formula is C20H18N4OS. The van der Waals surface area contributed by atoms with Crippen LogP contribution in [0.2, 0.25) is 0 Å². The molecule has 1 aromatic heterocycles. The van der Waals surface area contributed by atoms with Gasteiger partial charge in [-0.1, -0.05) is 12.1 Å². The molecule has 0 atom stereocenters. The molecule has 0 spiro atoms. The lowest BCUT2D eigenvalue weighted by Gasteiger charge is -2.07. The lowest BCUT2D eigenvalue weighted by atomic mass is 10.1. The maximum absolute atomic E-state index is 8.94. The van der Waals surface area contributed by atoms with Crippen molar-refractivity contribution in [1.82, 2.24) is 4.68 Å². The van der Waals surface area contributed by atoms with Gasteiger partial charge in [-0.3, -0.25) is 4.99 Å². The Balaban J connectivity index is 2.05. The van der Waals surface area contributed by atoms with Crippen molar-refractivity contribution in [1.29, 1.82) is 5.26 Å². The number of nitriles is 1. The zero-order valence-electron chi connectivity index (χ0n) is 14.8. The van der Waals surface area contributed by atoms with Gasteiger partial charge in [0.25, 0.3) is 0 Å². The van der Waals surface area contributed by atoms with Crippen LogP contribution in [0.4, 0.5) is 0 Å². The third-order valence-corrected chi connectivity index (χ3v) is 4.85. The van der Waals surface area contributed by atoms with Gasteiger partial charge in [0.1, 0.15) is 5.75 Å². The van der Waals surface area contributed by atoms with Crippen molar-refractivity contribution in [2.24, 2.45) is 10.1 Å². The predicted octanol–water partition coefficient (Wildman–Crippen LogP) is 3.90. The van der Waals surface area contributed by atoms with E-state index in [0.717, 1.165) is 33.1 Å². The Morgan fingerprint density at radius 2 is 1.81 bits per heavy atom. The third kappa shape index (κ3) is 3.58. The van der Waals surface area contributed by atoms with E-state index >= 15 is 0 Å². The molecule has 0 saturated heterocycles. The molecule has 0 aliphatic rings. The van der Waals surface area contributed by atoms with Gasteiger partial charge in [-0.2, -0.15) is 10.4 Å². The molecular weight excluding hydrogens is 344 g/mol. The summed E-state index contributed by atoms with van der Waals surface area (Å²) in [6, 6.07) is 17.4. The molecule has 0 bridgehead atoms. The highest BCUT2D eigenvalue weighted by Gasteiger charge is 2.09. The van der Waals surface area contributed by atoms with Crippen molar-refractivity contribution in [3.8, 4) is 23.1 Å². The Bertz CT molecular complexity index is 1040. The zero-order chi connectivity index (χ0) is 18.5. The highest BCUT2D eigenvalue weighted by Crippen LogP contribution is 2.23. The lowest BCUT2D eigenvalue weighted by Crippen LogP contribution is -2.13. The summed E-state index contributed by atoms with van der Waals surface area (Å²) in [7, 11) is 3.41. The van der Waals surface area contributed by atoms with E-state index < -0.39 is 0 Å². The Labute approximate surface area is 156 Å². The van der Waals surface area contributed by atoms with E-state index in [0.29, 0.717) is 5.56 Å². The quantitative estimate of drug-likeness (QED) is 0.661. The summed E-state index contributed by atoms with van der Waals surface area (Å²) in [5.74, 6) is 0.813. The maximum atomic E-state index is 8.94. The SMILES string of the molecule is CN=c1scc(-c2ccc(OC)cc2)n1N=C(C)c1ccc(C#N)cc1. The molecule has 0 aliphatic carbocycles. The molecule has 0 aliphatic heterocycles. The van der Waals surface area contributed by atoms with E-state index in [1.54, 1.807) is 26.3 Å². The Hall–Kier alpha value is -3.17. The van der Waals surface area contributed by atoms with Crippen LogP contribution in [0.5, 0.6) is 5.75 Å². The molecule has 5 nitrogen and oxygen atoms in total. The molecule has 3 rings (SSSR count). The average Bonchev–Trinajstić information content (AvgIpc) is 3.10. The summed E-state index contributed by atoms with van der Waals surface area (Å²) in [6.07, 6.45) is 0. The summed E-state index contributed by atoms with van der Waals surface area (Å²) in [6.45, 7) is 1.95. The third-order valence-electron chi connectivity index (χ3n) is 3.94. The van der Waals surface area contributed by atoms with Crippen LogP contribution in [-0.4, -0.2) is 24.5 Å². The van der Waals surface area contributed by atoms with Crippen molar-refractivity contribution in [3.63, 3.8) is 0 Å². The average molecular weight is 362 g/mol. The second-order valence-corrected chi connectivity index (χ2v) is 6.38. The summed E-state index contributed by atoms with van der Waals surface area (Å²) in [5.41, 5.74) is 4.44. The highest BCUT2D eigenvalue weighted by atomic mass is 32.1. The van der Waals surface area contributed by atoms with Crippen LogP contribution >= 0.6 is 11.3 Å². The van der Waals surface area contributed by atoms with Crippen molar-refractivity contribution in [3.05, 3.63) is 69.8 Å². The van der Waals surface area contributed by atoms with Gasteiger partial charge < -0.3 is 4.74 Å². The largest absolute Gasteiger partial charge is 0.497 e. The number of aromatic nitrogens is 1. The minimum Gasteiger partial charge on any atom is -0.497 e. The molecule has 0 radical (unpaired) electrons. The fraction of sp³-hybridized carbons (Fsp3) is 0.150. The molecule has 2 aromatic carbocycles. The van der Waals surface area contributed by atoms with Crippen molar-refractivity contribution in [2.75, 3.05) is 14.2 Å². The van der Waals surface area contributed by atoms with Gasteiger partial charge in [0.15, 0.2) is 0 Å². The minimum atomic E-state index is 0.632. The minimum absolute atomic E-state index is 0.632. The molecule has 1 heterocycles. The molecule has 0 unspecified atom stereocenters. The molecule has 3 aromatic rings. The second-order valence-electron chi connectivity index (χ2n) is 5.54. The summed E-state index contributed by atoms with van der Waals surface area (Å²) < 4.78 is 7.08. The molecule has 0 amide bonds. The summed E-state index contributed by atoms with van der Waals surface area (Å²) in [5, 5.41) is 15.8. The first-order valence-electron chi connectivity index (χ1n) is 8.00. The monoisotopic (exact) mass is 362 g/mol. The standard InChI is InChI=1S/C20H18N4OS/c1-14(16-6-4-15(12-21)5-7-16)23-24-19(13-26-20(24)22-2)17-8-10-18(25-3)11-9-17/h4-11,13H,1-3H3. The number of ether oxygens (including phenoxy) is 1. The number of methoxy groups -OCH3 is 1. The summed E-state index contributed by atoms with van der Waals surface area (Å²) >= 11 is 1.54. The van der Waals surface area contributed by atoms with Crippen LogP contribution in [0.3, 0.4) is 0 Å². The lowest BCUT2D eigenvalue weighted by molar-refractivity contribution is 0.415. The Morgan fingerprint density at radius 3 is 2.38 bits per heavy atom. The smallest absolute Gasteiger partial charge is 0.205 e. The van der Waals surface area contributed by atoms with E-state index in [1.807, 2.05) is 53.4 Å². The number of nitrogens with zero attached hydrogens (tertiary/aromatic N) is 4. The maximum Gasteiger partial charge on any atom is 0.205 e. The van der Waals surface area contributed by atoms with E-state index in [2.05, 4.69) is 11.1 Å². The predicted molar refractivity (Wildman–Crippen MR) is 105 cm³/mol. The van der Waals surface area contributed by atoms with Gasteiger partial charge in [0, 0.05) is 18.0 Å². The normalized spacial score (nSPS) is 12.1. The van der Waals surface area contributed by atoms with Gasteiger partial charge in [-0.15, -0.1) is 11.3 Å². The fourth-order valence-corrected chi connectivity index (χ4v) is 3.30. The Morgan fingerprint density at radius 1 is 1.12 bits per heavy atom. The Kier molecular flexibility index (Phi) is 5.30. The molecule has 0 N–H and O–H groups in total. The van der Waals surface area contributed by atoms with Crippen molar-refractivity contribution >= 4 is 17.0 Å². The van der Waals surface area contributed by atoms with Crippen LogP contribution < -0.4 is 9.54 Å². The van der Waals surface area contributed by atoms with Crippen LogP contribution in [-0.2, 0) is 0 Å². The fourth-order valence-electron chi connectivity index (χ4n) is 2.50. The topological polar surface area (TPSA) is 62.7 Å². The number of rotatable bonds is 4. The number of hydrogen-bond donors (Lipinski definition) is 0. The number of hydrogen-bond acceptors (Lipinski definition) is 5. The van der Waals surface area contributed by atoms with E-state index in [4.69, 9.17) is 15.1 Å². The molecule has 130 valence electrons. The highest BCUT2D eigenvalue weighted by molar-refractivity contribution is 7.07. The first-order chi connectivity index (χ1) is 12.7. The van der Waals surface area contributed by atoms with Crippen LogP contribution in [0, 0.1) is 11.3 Å². The van der Waals surface area contributed by atoms with Crippen LogP contribution in [0.15, 0.2) is 64.0 Å². The van der Waals surface area contributed by atoms with Gasteiger partial charge >= 0.3 is 0 Å². The van der Waals surface area contributed by atoms with E-state index in [1.165, 1.54) is 11.3 Å².